The minimum absolute atomic E-state index is 0.156. The number of rotatable bonds is 6. The van der Waals surface area contributed by atoms with Gasteiger partial charge in [-0.25, -0.2) is 0 Å². The maximum atomic E-state index is 13.1. The second kappa shape index (κ2) is 7.74. The molecule has 138 valence electrons. The fraction of sp³-hybridized carbons (Fsp3) is 0.350. The zero-order chi connectivity index (χ0) is 18.7. The molecule has 0 bridgehead atoms. The van der Waals surface area contributed by atoms with E-state index in [0.29, 0.717) is 13.0 Å². The molecule has 0 spiro atoms. The summed E-state index contributed by atoms with van der Waals surface area (Å²) in [7, 11) is 0. The minimum atomic E-state index is -4.38. The van der Waals surface area contributed by atoms with Crippen molar-refractivity contribution in [3.63, 3.8) is 0 Å². The van der Waals surface area contributed by atoms with Gasteiger partial charge in [0.2, 0.25) is 5.91 Å². The van der Waals surface area contributed by atoms with Gasteiger partial charge in [-0.3, -0.25) is 4.79 Å². The normalized spacial score (nSPS) is 19.2. The molecule has 6 heteroatoms. The Kier molecular flexibility index (Phi) is 5.61. The van der Waals surface area contributed by atoms with Crippen LogP contribution in [0.2, 0.25) is 0 Å². The Morgan fingerprint density at radius 3 is 2.54 bits per heavy atom. The standard InChI is InChI=1S/C20H20F3NOS/c1-13-6-8-14(9-7-13)26-11-10-24-19(25)17-12-16(17)15-4-2-3-5-18(15)20(21,22)23/h2-9,16-17H,10-12H2,1H3,(H,24,25). The number of carbonyl (C=O) groups excluding carboxylic acids is 1. The van der Waals surface area contributed by atoms with Crippen LogP contribution in [-0.2, 0) is 11.0 Å². The molecule has 0 heterocycles. The number of amides is 1. The van der Waals surface area contributed by atoms with Crippen molar-refractivity contribution in [2.24, 2.45) is 5.92 Å². The fourth-order valence-electron chi connectivity index (χ4n) is 3.02. The molecule has 1 aliphatic rings. The quantitative estimate of drug-likeness (QED) is 0.564. The molecule has 2 atom stereocenters. The van der Waals surface area contributed by atoms with Crippen LogP contribution in [0.3, 0.4) is 0 Å². The third kappa shape index (κ3) is 4.61. The SMILES string of the molecule is Cc1ccc(SCCNC(=O)C2CC2c2ccccc2C(F)(F)F)cc1. The van der Waals surface area contributed by atoms with Gasteiger partial charge in [0.25, 0.3) is 0 Å². The molecule has 1 saturated carbocycles. The smallest absolute Gasteiger partial charge is 0.355 e. The van der Waals surface area contributed by atoms with Gasteiger partial charge in [-0.15, -0.1) is 11.8 Å². The van der Waals surface area contributed by atoms with Crippen LogP contribution in [0.1, 0.15) is 29.0 Å². The van der Waals surface area contributed by atoms with Crippen LogP contribution in [0.15, 0.2) is 53.4 Å². The molecule has 2 aromatic carbocycles. The molecule has 1 fully saturated rings. The molecule has 2 unspecified atom stereocenters. The third-order valence-electron chi connectivity index (χ3n) is 4.48. The molecular weight excluding hydrogens is 359 g/mol. The maximum absolute atomic E-state index is 13.1. The van der Waals surface area contributed by atoms with Crippen molar-refractivity contribution in [2.45, 2.75) is 30.3 Å². The summed E-state index contributed by atoms with van der Waals surface area (Å²) in [6.07, 6.45) is -3.91. The lowest BCUT2D eigenvalue weighted by Crippen LogP contribution is -2.27. The number of halogens is 3. The van der Waals surface area contributed by atoms with E-state index < -0.39 is 11.7 Å². The Morgan fingerprint density at radius 1 is 1.15 bits per heavy atom. The molecule has 1 aliphatic carbocycles. The lowest BCUT2D eigenvalue weighted by molar-refractivity contribution is -0.138. The second-order valence-electron chi connectivity index (χ2n) is 6.49. The zero-order valence-corrected chi connectivity index (χ0v) is 15.2. The number of carbonyl (C=O) groups is 1. The summed E-state index contributed by atoms with van der Waals surface area (Å²) in [6.45, 7) is 2.53. The van der Waals surface area contributed by atoms with E-state index >= 15 is 0 Å². The van der Waals surface area contributed by atoms with Crippen molar-refractivity contribution in [1.82, 2.24) is 5.32 Å². The highest BCUT2D eigenvalue weighted by Crippen LogP contribution is 2.51. The molecule has 2 aromatic rings. The molecule has 26 heavy (non-hydrogen) atoms. The van der Waals surface area contributed by atoms with E-state index in [-0.39, 0.29) is 23.3 Å². The second-order valence-corrected chi connectivity index (χ2v) is 7.65. The number of aryl methyl sites for hydroxylation is 1. The van der Waals surface area contributed by atoms with Crippen LogP contribution in [0, 0.1) is 12.8 Å². The van der Waals surface area contributed by atoms with Crippen molar-refractivity contribution >= 4 is 17.7 Å². The van der Waals surface area contributed by atoms with Crippen LogP contribution < -0.4 is 5.32 Å². The van der Waals surface area contributed by atoms with Crippen molar-refractivity contribution < 1.29 is 18.0 Å². The maximum Gasteiger partial charge on any atom is 0.416 e. The highest BCUT2D eigenvalue weighted by atomic mass is 32.2. The first-order valence-corrected chi connectivity index (χ1v) is 9.48. The van der Waals surface area contributed by atoms with Crippen LogP contribution in [0.25, 0.3) is 0 Å². The van der Waals surface area contributed by atoms with Crippen LogP contribution in [-0.4, -0.2) is 18.2 Å². The van der Waals surface area contributed by atoms with Crippen molar-refractivity contribution in [3.05, 3.63) is 65.2 Å². The molecule has 0 saturated heterocycles. The Morgan fingerprint density at radius 2 is 1.85 bits per heavy atom. The first-order chi connectivity index (χ1) is 12.4. The predicted octanol–water partition coefficient (Wildman–Crippen LogP) is 5.03. The van der Waals surface area contributed by atoms with Crippen molar-refractivity contribution in [2.75, 3.05) is 12.3 Å². The van der Waals surface area contributed by atoms with Crippen molar-refractivity contribution in [1.29, 1.82) is 0 Å². The largest absolute Gasteiger partial charge is 0.416 e. The van der Waals surface area contributed by atoms with E-state index in [4.69, 9.17) is 0 Å². The number of nitrogens with one attached hydrogen (secondary N) is 1. The van der Waals surface area contributed by atoms with Gasteiger partial charge in [0, 0.05) is 23.1 Å². The molecule has 3 rings (SSSR count). The Labute approximate surface area is 155 Å². The topological polar surface area (TPSA) is 29.1 Å². The van der Waals surface area contributed by atoms with E-state index in [1.165, 1.54) is 17.7 Å². The van der Waals surface area contributed by atoms with E-state index in [2.05, 4.69) is 5.32 Å². The summed E-state index contributed by atoms with van der Waals surface area (Å²) in [5, 5.41) is 2.84. The van der Waals surface area contributed by atoms with Gasteiger partial charge in [0.15, 0.2) is 0 Å². The average molecular weight is 379 g/mol. The first kappa shape index (κ1) is 18.8. The fourth-order valence-corrected chi connectivity index (χ4v) is 3.78. The minimum Gasteiger partial charge on any atom is -0.355 e. The lowest BCUT2D eigenvalue weighted by Gasteiger charge is -2.12. The van der Waals surface area contributed by atoms with Crippen LogP contribution >= 0.6 is 11.8 Å². The summed E-state index contributed by atoms with van der Waals surface area (Å²) in [5.41, 5.74) is 0.797. The molecule has 0 aromatic heterocycles. The molecule has 0 aliphatic heterocycles. The number of hydrogen-bond acceptors (Lipinski definition) is 2. The molecule has 0 radical (unpaired) electrons. The molecular formula is C20H20F3NOS. The van der Waals surface area contributed by atoms with Gasteiger partial charge in [0.1, 0.15) is 0 Å². The van der Waals surface area contributed by atoms with Gasteiger partial charge in [-0.05, 0) is 43.0 Å². The summed E-state index contributed by atoms with van der Waals surface area (Å²) in [6, 6.07) is 13.7. The lowest BCUT2D eigenvalue weighted by atomic mass is 10.0. The van der Waals surface area contributed by atoms with E-state index in [1.54, 1.807) is 17.8 Å². The monoisotopic (exact) mass is 379 g/mol. The number of alkyl halides is 3. The average Bonchev–Trinajstić information content (AvgIpc) is 3.40. The third-order valence-corrected chi connectivity index (χ3v) is 5.50. The highest BCUT2D eigenvalue weighted by molar-refractivity contribution is 7.99. The summed E-state index contributed by atoms with van der Waals surface area (Å²) in [4.78, 5) is 13.3. The van der Waals surface area contributed by atoms with Gasteiger partial charge < -0.3 is 5.32 Å². The Bertz CT molecular complexity index is 773. The van der Waals surface area contributed by atoms with Gasteiger partial charge in [0.05, 0.1) is 5.56 Å². The van der Waals surface area contributed by atoms with E-state index in [9.17, 15) is 18.0 Å². The number of hydrogen-bond donors (Lipinski definition) is 1. The number of thioether (sulfide) groups is 1. The first-order valence-electron chi connectivity index (χ1n) is 8.49. The number of benzene rings is 2. The predicted molar refractivity (Wildman–Crippen MR) is 97.2 cm³/mol. The van der Waals surface area contributed by atoms with Gasteiger partial charge in [-0.2, -0.15) is 13.2 Å². The highest BCUT2D eigenvalue weighted by Gasteiger charge is 2.47. The molecule has 2 nitrogen and oxygen atoms in total. The van der Waals surface area contributed by atoms with E-state index in [1.807, 2.05) is 31.2 Å². The summed E-state index contributed by atoms with van der Waals surface area (Å²) in [5.74, 6) is -0.123. The van der Waals surface area contributed by atoms with Crippen molar-refractivity contribution in [3.8, 4) is 0 Å². The summed E-state index contributed by atoms with van der Waals surface area (Å²) >= 11 is 1.64. The molecule has 1 amide bonds. The summed E-state index contributed by atoms with van der Waals surface area (Å²) < 4.78 is 39.3. The molecule has 1 N–H and O–H groups in total. The van der Waals surface area contributed by atoms with Crippen LogP contribution in [0.5, 0.6) is 0 Å². The Balaban J connectivity index is 1.48. The zero-order valence-electron chi connectivity index (χ0n) is 14.3. The van der Waals surface area contributed by atoms with Crippen LogP contribution in [0.4, 0.5) is 13.2 Å². The van der Waals surface area contributed by atoms with E-state index in [0.717, 1.165) is 16.7 Å². The van der Waals surface area contributed by atoms with Gasteiger partial charge in [-0.1, -0.05) is 35.9 Å². The van der Waals surface area contributed by atoms with Gasteiger partial charge >= 0.3 is 6.18 Å². The Hall–Kier alpha value is -1.95.